The summed E-state index contributed by atoms with van der Waals surface area (Å²) in [5, 5.41) is 9.77. The van der Waals surface area contributed by atoms with Gasteiger partial charge in [0.15, 0.2) is 0 Å². The third-order valence-corrected chi connectivity index (χ3v) is 7.78. The van der Waals surface area contributed by atoms with Gasteiger partial charge in [0.2, 0.25) is 0 Å². The molecule has 2 aliphatic rings. The molecule has 2 aliphatic heterocycles. The van der Waals surface area contributed by atoms with E-state index in [9.17, 15) is 9.59 Å². The lowest BCUT2D eigenvalue weighted by Gasteiger charge is -2.34. The Labute approximate surface area is 196 Å². The van der Waals surface area contributed by atoms with Crippen LogP contribution in [-0.4, -0.2) is 87.3 Å². The van der Waals surface area contributed by atoms with Crippen molar-refractivity contribution < 1.29 is 19.1 Å². The summed E-state index contributed by atoms with van der Waals surface area (Å²) in [7, 11) is 0. The third kappa shape index (κ3) is 6.15. The van der Waals surface area contributed by atoms with Gasteiger partial charge in [0.05, 0.1) is 38.5 Å². The standard InChI is InChI=1S/C22H30N4O4S2/c27-21(23-15-17(19-3-1-13-31-19)25-5-9-29-10-6-25)22(28)24-16-18(20-4-2-14-32-20)26-7-11-30-12-8-26/h1-4,13-14,17-18H,5-12,15-16H2,(H,23,27)(H,24,28)/t17-,18-/m1/s1. The predicted octanol–water partition coefficient (Wildman–Crippen LogP) is 1.49. The highest BCUT2D eigenvalue weighted by atomic mass is 32.1. The summed E-state index contributed by atoms with van der Waals surface area (Å²) in [4.78, 5) is 32.1. The van der Waals surface area contributed by atoms with Crippen molar-refractivity contribution in [3.05, 3.63) is 44.8 Å². The topological polar surface area (TPSA) is 83.1 Å². The average molecular weight is 479 g/mol. The SMILES string of the molecule is O=C(NC[C@H](c1cccs1)N1CCOCC1)C(=O)NC[C@H](c1cccs1)N1CCOCC1. The maximum Gasteiger partial charge on any atom is 0.309 e. The zero-order valence-electron chi connectivity index (χ0n) is 18.0. The fraction of sp³-hybridized carbons (Fsp3) is 0.545. The molecule has 0 spiro atoms. The van der Waals surface area contributed by atoms with Gasteiger partial charge in [-0.2, -0.15) is 0 Å². The van der Waals surface area contributed by atoms with Gasteiger partial charge < -0.3 is 20.1 Å². The first-order valence-electron chi connectivity index (χ1n) is 11.0. The van der Waals surface area contributed by atoms with Crippen LogP contribution in [0.1, 0.15) is 21.8 Å². The lowest BCUT2D eigenvalue weighted by Crippen LogP contribution is -2.48. The largest absolute Gasteiger partial charge is 0.379 e. The summed E-state index contributed by atoms with van der Waals surface area (Å²) < 4.78 is 10.9. The van der Waals surface area contributed by atoms with E-state index in [1.807, 2.05) is 22.9 Å². The summed E-state index contributed by atoms with van der Waals surface area (Å²) in [5.74, 6) is -1.18. The molecule has 2 saturated heterocycles. The molecule has 0 radical (unpaired) electrons. The maximum absolute atomic E-state index is 12.6. The molecule has 0 aliphatic carbocycles. The molecule has 4 rings (SSSR count). The van der Waals surface area contributed by atoms with E-state index in [0.717, 1.165) is 26.2 Å². The highest BCUT2D eigenvalue weighted by Crippen LogP contribution is 2.26. The molecule has 0 unspecified atom stereocenters. The molecule has 174 valence electrons. The Bertz CT molecular complexity index is 764. The van der Waals surface area contributed by atoms with Gasteiger partial charge >= 0.3 is 11.8 Å². The number of amides is 2. The van der Waals surface area contributed by atoms with Gasteiger partial charge in [-0.25, -0.2) is 0 Å². The number of thiophene rings is 2. The van der Waals surface area contributed by atoms with E-state index in [-0.39, 0.29) is 12.1 Å². The van der Waals surface area contributed by atoms with Gasteiger partial charge in [-0.15, -0.1) is 22.7 Å². The summed E-state index contributed by atoms with van der Waals surface area (Å²) in [5.41, 5.74) is 0. The van der Waals surface area contributed by atoms with Gasteiger partial charge in [-0.3, -0.25) is 19.4 Å². The van der Waals surface area contributed by atoms with Crippen LogP contribution < -0.4 is 10.6 Å². The molecule has 32 heavy (non-hydrogen) atoms. The van der Waals surface area contributed by atoms with Crippen molar-refractivity contribution in [2.45, 2.75) is 12.1 Å². The molecular weight excluding hydrogens is 448 g/mol. The van der Waals surface area contributed by atoms with Crippen molar-refractivity contribution in [2.24, 2.45) is 0 Å². The first-order valence-corrected chi connectivity index (χ1v) is 12.7. The minimum absolute atomic E-state index is 0.0443. The summed E-state index contributed by atoms with van der Waals surface area (Å²) in [6, 6.07) is 8.26. The Morgan fingerprint density at radius 2 is 1.19 bits per heavy atom. The number of rotatable bonds is 8. The lowest BCUT2D eigenvalue weighted by atomic mass is 10.1. The monoisotopic (exact) mass is 478 g/mol. The van der Waals surface area contributed by atoms with Crippen LogP contribution in [0.5, 0.6) is 0 Å². The van der Waals surface area contributed by atoms with E-state index in [1.54, 1.807) is 22.7 Å². The smallest absolute Gasteiger partial charge is 0.309 e. The molecular formula is C22H30N4O4S2. The summed E-state index contributed by atoms with van der Waals surface area (Å²) in [6.45, 7) is 6.77. The van der Waals surface area contributed by atoms with E-state index < -0.39 is 11.8 Å². The first-order chi connectivity index (χ1) is 15.7. The molecule has 2 N–H and O–H groups in total. The van der Waals surface area contributed by atoms with Crippen LogP contribution in [0.25, 0.3) is 0 Å². The van der Waals surface area contributed by atoms with E-state index in [2.05, 4.69) is 32.6 Å². The lowest BCUT2D eigenvalue weighted by molar-refractivity contribution is -0.139. The number of nitrogens with zero attached hydrogens (tertiary/aromatic N) is 2. The van der Waals surface area contributed by atoms with Gasteiger partial charge in [-0.1, -0.05) is 12.1 Å². The van der Waals surface area contributed by atoms with E-state index >= 15 is 0 Å². The number of carbonyl (C=O) groups excluding carboxylic acids is 2. The normalized spacial score (nSPS) is 19.9. The van der Waals surface area contributed by atoms with Gasteiger partial charge in [-0.05, 0) is 22.9 Å². The van der Waals surface area contributed by atoms with Crippen molar-refractivity contribution in [1.82, 2.24) is 20.4 Å². The Morgan fingerprint density at radius 1 is 0.781 bits per heavy atom. The number of ether oxygens (including phenoxy) is 2. The van der Waals surface area contributed by atoms with Crippen molar-refractivity contribution in [3.63, 3.8) is 0 Å². The van der Waals surface area contributed by atoms with Crippen LogP contribution in [0.4, 0.5) is 0 Å². The van der Waals surface area contributed by atoms with Crippen molar-refractivity contribution in [3.8, 4) is 0 Å². The molecule has 2 atom stereocenters. The molecule has 0 saturated carbocycles. The van der Waals surface area contributed by atoms with Crippen LogP contribution in [0, 0.1) is 0 Å². The summed E-state index contributed by atoms with van der Waals surface area (Å²) in [6.07, 6.45) is 0. The van der Waals surface area contributed by atoms with Gasteiger partial charge in [0.25, 0.3) is 0 Å². The molecule has 0 bridgehead atoms. The number of hydrogen-bond acceptors (Lipinski definition) is 8. The van der Waals surface area contributed by atoms with Crippen LogP contribution in [0.15, 0.2) is 35.0 Å². The van der Waals surface area contributed by atoms with Gasteiger partial charge in [0.1, 0.15) is 0 Å². The quantitative estimate of drug-likeness (QED) is 0.560. The molecule has 2 aromatic rings. The minimum atomic E-state index is -0.591. The molecule has 2 amide bonds. The van der Waals surface area contributed by atoms with Crippen molar-refractivity contribution in [2.75, 3.05) is 65.7 Å². The van der Waals surface area contributed by atoms with Crippen molar-refractivity contribution >= 4 is 34.5 Å². The Hall–Kier alpha value is -1.82. The maximum atomic E-state index is 12.6. The summed E-state index contributed by atoms with van der Waals surface area (Å²) >= 11 is 3.33. The molecule has 8 nitrogen and oxygen atoms in total. The minimum Gasteiger partial charge on any atom is -0.379 e. The second kappa shape index (κ2) is 11.9. The van der Waals surface area contributed by atoms with E-state index in [0.29, 0.717) is 39.5 Å². The van der Waals surface area contributed by atoms with Crippen LogP contribution in [0.3, 0.4) is 0 Å². The van der Waals surface area contributed by atoms with E-state index in [1.165, 1.54) is 9.75 Å². The number of hydrogen-bond donors (Lipinski definition) is 2. The Morgan fingerprint density at radius 3 is 1.53 bits per heavy atom. The van der Waals surface area contributed by atoms with Crippen LogP contribution >= 0.6 is 22.7 Å². The fourth-order valence-electron chi connectivity index (χ4n) is 4.10. The number of nitrogens with one attached hydrogen (secondary N) is 2. The van der Waals surface area contributed by atoms with Gasteiger partial charge in [0, 0.05) is 49.0 Å². The zero-order chi connectivity index (χ0) is 22.2. The highest BCUT2D eigenvalue weighted by Gasteiger charge is 2.27. The Balaban J connectivity index is 1.31. The first kappa shape index (κ1) is 23.3. The number of morpholine rings is 2. The third-order valence-electron chi connectivity index (χ3n) is 5.83. The van der Waals surface area contributed by atoms with Crippen LogP contribution in [0.2, 0.25) is 0 Å². The molecule has 4 heterocycles. The second-order valence-corrected chi connectivity index (χ2v) is 9.74. The fourth-order valence-corrected chi connectivity index (χ4v) is 5.82. The van der Waals surface area contributed by atoms with Crippen molar-refractivity contribution in [1.29, 1.82) is 0 Å². The molecule has 2 fully saturated rings. The highest BCUT2D eigenvalue weighted by molar-refractivity contribution is 7.10. The van der Waals surface area contributed by atoms with E-state index in [4.69, 9.17) is 9.47 Å². The van der Waals surface area contributed by atoms with Crippen LogP contribution in [-0.2, 0) is 19.1 Å². The second-order valence-electron chi connectivity index (χ2n) is 7.78. The molecule has 10 heteroatoms. The zero-order valence-corrected chi connectivity index (χ0v) is 19.7. The average Bonchev–Trinajstić information content (AvgIpc) is 3.56. The molecule has 0 aromatic carbocycles. The number of carbonyl (C=O) groups is 2. The Kier molecular flexibility index (Phi) is 8.66. The predicted molar refractivity (Wildman–Crippen MR) is 125 cm³/mol. The molecule has 2 aromatic heterocycles.